The van der Waals surface area contributed by atoms with E-state index < -0.39 is 0 Å². The minimum absolute atomic E-state index is 0.0136. The third-order valence-corrected chi connectivity index (χ3v) is 14.8. The van der Waals surface area contributed by atoms with Crippen LogP contribution in [0.25, 0.3) is 22.6 Å². The molecule has 74 heavy (non-hydrogen) atoms. The minimum Gasteiger partial charge on any atom is -0.484 e. The highest BCUT2D eigenvalue weighted by Gasteiger charge is 2.26. The molecule has 0 bridgehead atoms. The molecule has 0 aliphatic carbocycles. The Balaban J connectivity index is 0.899. The van der Waals surface area contributed by atoms with E-state index in [2.05, 4.69) is 135 Å². The van der Waals surface area contributed by atoms with Gasteiger partial charge in [0.15, 0.2) is 12.8 Å². The maximum atomic E-state index is 16.0. The second-order valence-corrected chi connectivity index (χ2v) is 20.8. The smallest absolute Gasteiger partial charge is 0.258 e. The Hall–Kier alpha value is -5.97. The summed E-state index contributed by atoms with van der Waals surface area (Å²) in [6.07, 6.45) is 10.0. The van der Waals surface area contributed by atoms with E-state index in [-0.39, 0.29) is 24.2 Å². The van der Waals surface area contributed by atoms with Crippen molar-refractivity contribution in [2.45, 2.75) is 51.1 Å². The summed E-state index contributed by atoms with van der Waals surface area (Å²) in [5.74, 6) is 1.19. The molecule has 4 aromatic carbocycles. The van der Waals surface area contributed by atoms with E-state index in [1.54, 1.807) is 17.8 Å². The first kappa shape index (κ1) is 55.8. The number of benzene rings is 4. The molecule has 0 fully saturated rings. The predicted octanol–water partition coefficient (Wildman–Crippen LogP) is 8.93. The number of likely N-dealkylation sites (N-methyl/N-ethyl adjacent to an activating group) is 1. The number of carbonyl (C=O) groups is 2. The number of hydrogen-bond acceptors (Lipinski definition) is 9. The van der Waals surface area contributed by atoms with Crippen LogP contribution in [0.15, 0.2) is 125 Å². The standard InChI is InChI=1S/C57H69Cl2FN10O3S/c1-6-66(7-2)40-45-19-18-43(38-51(45)60)46(37-44-24-31-65(3)52-14-9-8-13-50(44)52)39-57-69(53-15-10-11-16-54(53)74-57)32-25-47-41-68(64-63-47)30-12-17-55(71)61-28-35-70(4,5)36-29-62-56(72)42-73-49-22-20-48(21-23-49)67(33-26-58)34-27-59/h8-11,13-16,18-24,31,37-39,41H,6-7,12,17,25-30,32-36,40,42H2,1-5H3/p+2. The molecule has 3 heterocycles. The fourth-order valence-corrected chi connectivity index (χ4v) is 10.4. The van der Waals surface area contributed by atoms with Crippen LogP contribution in [0.1, 0.15) is 49.1 Å². The minimum atomic E-state index is -0.210. The zero-order valence-corrected chi connectivity index (χ0v) is 45.7. The molecule has 0 saturated carbocycles. The van der Waals surface area contributed by atoms with E-state index in [1.807, 2.05) is 60.4 Å². The largest absolute Gasteiger partial charge is 0.484 e. The van der Waals surface area contributed by atoms with Crippen LogP contribution < -0.4 is 29.7 Å². The average molecular weight is 1070 g/mol. The first-order valence-electron chi connectivity index (χ1n) is 25.6. The highest BCUT2D eigenvalue weighted by molar-refractivity contribution is 8.03. The van der Waals surface area contributed by atoms with Crippen LogP contribution in [0.4, 0.5) is 15.8 Å². The first-order chi connectivity index (χ1) is 35.9. The fraction of sp³-hybridized carbons (Fsp3) is 0.386. The van der Waals surface area contributed by atoms with Crippen molar-refractivity contribution in [2.24, 2.45) is 7.05 Å². The number of nitrogens with one attached hydrogen (secondary N) is 2. The lowest BCUT2D eigenvalue weighted by Crippen LogP contribution is -2.49. The highest BCUT2D eigenvalue weighted by Crippen LogP contribution is 2.47. The number of pyridine rings is 1. The zero-order chi connectivity index (χ0) is 52.5. The van der Waals surface area contributed by atoms with Crippen LogP contribution in [0.5, 0.6) is 5.75 Å². The second-order valence-electron chi connectivity index (χ2n) is 19.0. The summed E-state index contributed by atoms with van der Waals surface area (Å²) < 4.78 is 26.3. The van der Waals surface area contributed by atoms with Gasteiger partial charge in [0, 0.05) is 91.8 Å². The van der Waals surface area contributed by atoms with Crippen molar-refractivity contribution in [2.75, 3.05) is 101 Å². The Morgan fingerprint density at radius 1 is 0.892 bits per heavy atom. The van der Waals surface area contributed by atoms with Crippen molar-refractivity contribution in [1.82, 2.24) is 30.5 Å². The molecule has 0 unspecified atom stereocenters. The van der Waals surface area contributed by atoms with Gasteiger partial charge >= 0.3 is 0 Å². The lowest BCUT2D eigenvalue weighted by atomic mass is 9.99. The molecule has 1 aliphatic rings. The van der Waals surface area contributed by atoms with Crippen molar-refractivity contribution in [3.63, 3.8) is 0 Å². The molecule has 13 nitrogen and oxygen atoms in total. The molecule has 7 rings (SSSR count). The molecular formula is C57H71Cl2FN10O3S+2. The third kappa shape index (κ3) is 15.8. The van der Waals surface area contributed by atoms with Gasteiger partial charge in [-0.15, -0.1) is 28.3 Å². The topological polar surface area (TPSA) is 112 Å². The van der Waals surface area contributed by atoms with E-state index in [9.17, 15) is 9.59 Å². The van der Waals surface area contributed by atoms with Gasteiger partial charge in [0.05, 0.1) is 62.1 Å². The molecule has 17 heteroatoms. The SMILES string of the molecule is CCN(CC)Cc1ccc(C(=C\c2cc[n+](C)c3ccccc23)/C=C2\Sc3ccccc3N2CCc2cn(CCCC(=O)NCC[N+](C)(C)CCNC(=O)COc3ccc(N(CCCl)CCCl)cc3)nn2)cc1F. The normalized spacial score (nSPS) is 13.2. The number of quaternary nitrogens is 1. The Bertz CT molecular complexity index is 2870. The number of aryl methyl sites for hydroxylation is 2. The molecule has 2 aromatic heterocycles. The lowest BCUT2D eigenvalue weighted by Gasteiger charge is -2.30. The van der Waals surface area contributed by atoms with Gasteiger partial charge in [-0.1, -0.05) is 67.2 Å². The van der Waals surface area contributed by atoms with E-state index >= 15 is 4.39 Å². The lowest BCUT2D eigenvalue weighted by molar-refractivity contribution is -0.887. The molecule has 392 valence electrons. The number of allylic oxidation sites excluding steroid dienone is 2. The summed E-state index contributed by atoms with van der Waals surface area (Å²) in [5, 5.41) is 17.1. The van der Waals surface area contributed by atoms with Crippen molar-refractivity contribution in [3.8, 4) is 5.75 Å². The summed E-state index contributed by atoms with van der Waals surface area (Å²) in [4.78, 5) is 33.2. The number of halogens is 3. The van der Waals surface area contributed by atoms with Gasteiger partial charge in [-0.25, -0.2) is 8.96 Å². The van der Waals surface area contributed by atoms with Crippen molar-refractivity contribution in [3.05, 3.63) is 149 Å². The van der Waals surface area contributed by atoms with Crippen LogP contribution in [0.2, 0.25) is 0 Å². The summed E-state index contributed by atoms with van der Waals surface area (Å²) in [5.41, 5.74) is 7.53. The van der Waals surface area contributed by atoms with Gasteiger partial charge in [-0.3, -0.25) is 19.2 Å². The van der Waals surface area contributed by atoms with Gasteiger partial charge in [0.2, 0.25) is 11.4 Å². The van der Waals surface area contributed by atoms with Crippen LogP contribution in [-0.2, 0) is 36.1 Å². The van der Waals surface area contributed by atoms with E-state index in [0.717, 1.165) is 67.7 Å². The fourth-order valence-electron chi connectivity index (χ4n) is 8.87. The Kier molecular flexibility index (Phi) is 20.7. The molecule has 0 spiro atoms. The van der Waals surface area contributed by atoms with Crippen LogP contribution >= 0.6 is 35.0 Å². The number of fused-ring (bicyclic) bond motifs is 2. The predicted molar refractivity (Wildman–Crippen MR) is 300 cm³/mol. The maximum absolute atomic E-state index is 16.0. The number of anilines is 2. The van der Waals surface area contributed by atoms with Gasteiger partial charge < -0.3 is 29.7 Å². The Morgan fingerprint density at radius 2 is 1.61 bits per heavy atom. The van der Waals surface area contributed by atoms with Gasteiger partial charge in [0.25, 0.3) is 5.91 Å². The summed E-state index contributed by atoms with van der Waals surface area (Å²) >= 11 is 13.6. The van der Waals surface area contributed by atoms with Crippen LogP contribution in [0.3, 0.4) is 0 Å². The van der Waals surface area contributed by atoms with Crippen molar-refractivity contribution >= 4 is 80.7 Å². The quantitative estimate of drug-likeness (QED) is 0.0283. The molecule has 0 saturated heterocycles. The zero-order valence-electron chi connectivity index (χ0n) is 43.4. The van der Waals surface area contributed by atoms with Gasteiger partial charge in [0.1, 0.15) is 18.6 Å². The number of alkyl halides is 2. The molecule has 0 radical (unpaired) electrons. The number of ether oxygens (including phenoxy) is 1. The average Bonchev–Trinajstić information content (AvgIpc) is 4.01. The number of rotatable bonds is 28. The van der Waals surface area contributed by atoms with Crippen LogP contribution in [0, 0.1) is 5.82 Å². The molecule has 2 N–H and O–H groups in total. The third-order valence-electron chi connectivity index (χ3n) is 13.3. The maximum Gasteiger partial charge on any atom is 0.258 e. The van der Waals surface area contributed by atoms with E-state index in [0.29, 0.717) is 106 Å². The number of amides is 2. The number of thioether (sulfide) groups is 1. The monoisotopic (exact) mass is 1060 g/mol. The first-order valence-corrected chi connectivity index (χ1v) is 27.5. The summed E-state index contributed by atoms with van der Waals surface area (Å²) in [7, 11) is 6.20. The summed E-state index contributed by atoms with van der Waals surface area (Å²) in [6, 6.07) is 32.1. The number of aromatic nitrogens is 4. The van der Waals surface area contributed by atoms with Crippen LogP contribution in [-0.4, -0.2) is 128 Å². The Morgan fingerprint density at radius 3 is 2.34 bits per heavy atom. The highest BCUT2D eigenvalue weighted by atomic mass is 35.5. The van der Waals surface area contributed by atoms with Crippen molar-refractivity contribution < 1.29 is 27.8 Å². The number of nitrogens with zero attached hydrogens (tertiary/aromatic N) is 8. The molecular weight excluding hydrogens is 995 g/mol. The number of para-hydroxylation sites is 2. The molecule has 1 aliphatic heterocycles. The van der Waals surface area contributed by atoms with E-state index in [4.69, 9.17) is 27.9 Å². The molecule has 6 aromatic rings. The van der Waals surface area contributed by atoms with E-state index in [1.165, 1.54) is 0 Å². The van der Waals surface area contributed by atoms with Gasteiger partial charge in [-0.05, 0) is 96.9 Å². The van der Waals surface area contributed by atoms with Gasteiger partial charge in [-0.2, -0.15) is 0 Å². The summed E-state index contributed by atoms with van der Waals surface area (Å²) in [6.45, 7) is 11.4. The molecule has 0 atom stereocenters. The molecule has 2 amide bonds. The number of hydrogen-bond donors (Lipinski definition) is 2. The van der Waals surface area contributed by atoms with Crippen molar-refractivity contribution in [1.29, 1.82) is 0 Å². The second kappa shape index (κ2) is 27.5. The number of carbonyl (C=O) groups excluding carboxylic acids is 2. The Labute approximate surface area is 450 Å².